The number of hydrogen-bond donors (Lipinski definition) is 1. The molecule has 1 aromatic rings. The Morgan fingerprint density at radius 2 is 2.27 bits per heavy atom. The summed E-state index contributed by atoms with van der Waals surface area (Å²) in [6.45, 7) is 5.86. The van der Waals surface area contributed by atoms with Crippen molar-refractivity contribution in [1.82, 2.24) is 9.88 Å². The smallest absolute Gasteiger partial charge is 0.273 e. The highest BCUT2D eigenvalue weighted by atomic mass is 32.1. The second-order valence-electron chi connectivity index (χ2n) is 3.77. The molecule has 1 unspecified atom stereocenters. The van der Waals surface area contributed by atoms with Crippen LogP contribution >= 0.6 is 11.3 Å². The van der Waals surface area contributed by atoms with Gasteiger partial charge in [-0.25, -0.2) is 4.98 Å². The number of aromatic nitrogens is 1. The summed E-state index contributed by atoms with van der Waals surface area (Å²) >= 11 is 1.39. The van der Waals surface area contributed by atoms with Gasteiger partial charge in [0.25, 0.3) is 5.91 Å². The lowest BCUT2D eigenvalue weighted by molar-refractivity contribution is 0.0574. The molecule has 0 saturated heterocycles. The normalized spacial score (nSPS) is 12.9. The van der Waals surface area contributed by atoms with Crippen LogP contribution in [0.2, 0.25) is 0 Å². The van der Waals surface area contributed by atoms with Crippen LogP contribution in [0.15, 0.2) is 10.9 Å². The van der Waals surface area contributed by atoms with E-state index in [0.717, 1.165) is 0 Å². The van der Waals surface area contributed by atoms with Gasteiger partial charge < -0.3 is 10.0 Å². The molecule has 5 heteroatoms. The first-order valence-electron chi connectivity index (χ1n) is 4.89. The SMILES string of the molecule is CC(O)CN(C(=O)c1cscn1)C(C)C. The van der Waals surface area contributed by atoms with Gasteiger partial charge in [0.05, 0.1) is 11.6 Å². The Morgan fingerprint density at radius 1 is 1.60 bits per heavy atom. The van der Waals surface area contributed by atoms with E-state index in [2.05, 4.69) is 4.98 Å². The van der Waals surface area contributed by atoms with Crippen LogP contribution in [0.4, 0.5) is 0 Å². The number of thiazole rings is 1. The Balaban J connectivity index is 2.76. The van der Waals surface area contributed by atoms with E-state index in [4.69, 9.17) is 0 Å². The first kappa shape index (κ1) is 12.1. The lowest BCUT2D eigenvalue weighted by atomic mass is 10.2. The number of aliphatic hydroxyl groups is 1. The van der Waals surface area contributed by atoms with Gasteiger partial charge in [-0.2, -0.15) is 0 Å². The van der Waals surface area contributed by atoms with E-state index in [1.807, 2.05) is 13.8 Å². The van der Waals surface area contributed by atoms with Crippen LogP contribution in [-0.2, 0) is 0 Å². The first-order valence-corrected chi connectivity index (χ1v) is 5.84. The van der Waals surface area contributed by atoms with E-state index in [0.29, 0.717) is 12.2 Å². The summed E-state index contributed by atoms with van der Waals surface area (Å²) in [6.07, 6.45) is -0.519. The zero-order chi connectivity index (χ0) is 11.4. The minimum atomic E-state index is -0.519. The Hall–Kier alpha value is -0.940. The van der Waals surface area contributed by atoms with Gasteiger partial charge in [0, 0.05) is 18.0 Å². The summed E-state index contributed by atoms with van der Waals surface area (Å²) in [4.78, 5) is 17.5. The number of hydrogen-bond acceptors (Lipinski definition) is 4. The lowest BCUT2D eigenvalue weighted by Gasteiger charge is -2.27. The summed E-state index contributed by atoms with van der Waals surface area (Å²) < 4.78 is 0. The molecular weight excluding hydrogens is 212 g/mol. The average Bonchev–Trinajstić information content (AvgIpc) is 2.65. The highest BCUT2D eigenvalue weighted by Crippen LogP contribution is 2.09. The summed E-state index contributed by atoms with van der Waals surface area (Å²) in [5.41, 5.74) is 2.09. The van der Waals surface area contributed by atoms with Crippen LogP contribution in [0.5, 0.6) is 0 Å². The van der Waals surface area contributed by atoms with Crippen LogP contribution in [0.25, 0.3) is 0 Å². The lowest BCUT2D eigenvalue weighted by Crippen LogP contribution is -2.41. The number of amides is 1. The minimum absolute atomic E-state index is 0.0637. The number of carbonyl (C=O) groups is 1. The van der Waals surface area contributed by atoms with Crippen molar-refractivity contribution < 1.29 is 9.90 Å². The van der Waals surface area contributed by atoms with Crippen molar-refractivity contribution in [3.05, 3.63) is 16.6 Å². The zero-order valence-corrected chi connectivity index (χ0v) is 9.99. The monoisotopic (exact) mass is 228 g/mol. The van der Waals surface area contributed by atoms with Crippen molar-refractivity contribution in [3.63, 3.8) is 0 Å². The third-order valence-electron chi connectivity index (χ3n) is 2.00. The third-order valence-corrected chi connectivity index (χ3v) is 2.58. The molecule has 0 spiro atoms. The van der Waals surface area contributed by atoms with E-state index >= 15 is 0 Å². The molecule has 1 N–H and O–H groups in total. The molecule has 15 heavy (non-hydrogen) atoms. The fourth-order valence-corrected chi connectivity index (χ4v) is 1.80. The van der Waals surface area contributed by atoms with E-state index in [1.165, 1.54) is 11.3 Å². The number of nitrogens with zero attached hydrogens (tertiary/aromatic N) is 2. The van der Waals surface area contributed by atoms with Crippen molar-refractivity contribution in [3.8, 4) is 0 Å². The molecule has 0 radical (unpaired) electrons. The van der Waals surface area contributed by atoms with Gasteiger partial charge in [0.15, 0.2) is 0 Å². The number of carbonyl (C=O) groups excluding carboxylic acids is 1. The van der Waals surface area contributed by atoms with E-state index < -0.39 is 6.10 Å². The van der Waals surface area contributed by atoms with Gasteiger partial charge in [-0.3, -0.25) is 4.79 Å². The summed E-state index contributed by atoms with van der Waals surface area (Å²) in [5, 5.41) is 11.0. The molecule has 1 rings (SSSR count). The molecule has 4 nitrogen and oxygen atoms in total. The van der Waals surface area contributed by atoms with E-state index in [-0.39, 0.29) is 11.9 Å². The Kier molecular flexibility index (Phi) is 4.23. The van der Waals surface area contributed by atoms with Crippen molar-refractivity contribution in [2.24, 2.45) is 0 Å². The van der Waals surface area contributed by atoms with Gasteiger partial charge in [-0.1, -0.05) is 0 Å². The molecule has 0 fully saturated rings. The predicted octanol–water partition coefficient (Wildman–Crippen LogP) is 1.37. The standard InChI is InChI=1S/C10H16N2O2S/c1-7(2)12(4-8(3)13)10(14)9-5-15-6-11-9/h5-8,13H,4H2,1-3H3. The molecule has 1 amide bonds. The summed E-state index contributed by atoms with van der Waals surface area (Å²) in [7, 11) is 0. The molecule has 0 aliphatic rings. The minimum Gasteiger partial charge on any atom is -0.392 e. The van der Waals surface area contributed by atoms with E-state index in [1.54, 1.807) is 22.7 Å². The van der Waals surface area contributed by atoms with Crippen LogP contribution in [-0.4, -0.2) is 39.6 Å². The van der Waals surface area contributed by atoms with Gasteiger partial charge in [-0.05, 0) is 20.8 Å². The molecule has 0 aromatic carbocycles. The molecule has 0 bridgehead atoms. The maximum Gasteiger partial charge on any atom is 0.273 e. The maximum absolute atomic E-state index is 11.9. The zero-order valence-electron chi connectivity index (χ0n) is 9.17. The fraction of sp³-hybridized carbons (Fsp3) is 0.600. The van der Waals surface area contributed by atoms with Crippen LogP contribution in [0, 0.1) is 0 Å². The molecule has 1 heterocycles. The average molecular weight is 228 g/mol. The predicted molar refractivity (Wildman–Crippen MR) is 60.0 cm³/mol. The van der Waals surface area contributed by atoms with Gasteiger partial charge in [0.1, 0.15) is 5.69 Å². The molecule has 0 aliphatic carbocycles. The van der Waals surface area contributed by atoms with Crippen LogP contribution in [0.1, 0.15) is 31.3 Å². The summed E-state index contributed by atoms with van der Waals surface area (Å²) in [6, 6.07) is 0.0637. The molecular formula is C10H16N2O2S. The summed E-state index contributed by atoms with van der Waals surface area (Å²) in [5.74, 6) is -0.118. The Labute approximate surface area is 93.6 Å². The highest BCUT2D eigenvalue weighted by Gasteiger charge is 2.21. The van der Waals surface area contributed by atoms with Crippen LogP contribution in [0.3, 0.4) is 0 Å². The van der Waals surface area contributed by atoms with E-state index in [9.17, 15) is 9.90 Å². The largest absolute Gasteiger partial charge is 0.392 e. The van der Waals surface area contributed by atoms with Crippen molar-refractivity contribution in [2.45, 2.75) is 32.9 Å². The van der Waals surface area contributed by atoms with Gasteiger partial charge >= 0.3 is 0 Å². The van der Waals surface area contributed by atoms with Gasteiger partial charge in [0.2, 0.25) is 0 Å². The highest BCUT2D eigenvalue weighted by molar-refractivity contribution is 7.07. The fourth-order valence-electron chi connectivity index (χ4n) is 1.28. The molecule has 1 aromatic heterocycles. The van der Waals surface area contributed by atoms with Crippen molar-refractivity contribution >= 4 is 17.2 Å². The molecule has 0 saturated carbocycles. The van der Waals surface area contributed by atoms with Crippen LogP contribution < -0.4 is 0 Å². The topological polar surface area (TPSA) is 53.4 Å². The van der Waals surface area contributed by atoms with Gasteiger partial charge in [-0.15, -0.1) is 11.3 Å². The molecule has 1 atom stereocenters. The van der Waals surface area contributed by atoms with Crippen molar-refractivity contribution in [2.75, 3.05) is 6.54 Å². The number of rotatable bonds is 4. The third kappa shape index (κ3) is 3.28. The van der Waals surface area contributed by atoms with Crippen molar-refractivity contribution in [1.29, 1.82) is 0 Å². The Bertz CT molecular complexity index is 309. The Morgan fingerprint density at radius 3 is 2.67 bits per heavy atom. The number of aliphatic hydroxyl groups excluding tert-OH is 1. The quantitative estimate of drug-likeness (QED) is 0.847. The molecule has 0 aliphatic heterocycles. The maximum atomic E-state index is 11.9. The second-order valence-corrected chi connectivity index (χ2v) is 4.49. The second kappa shape index (κ2) is 5.23. The molecule has 84 valence electrons. The first-order chi connectivity index (χ1) is 7.02.